The van der Waals surface area contributed by atoms with Crippen molar-refractivity contribution in [2.24, 2.45) is 5.41 Å². The average Bonchev–Trinajstić information content (AvgIpc) is 2.70. The summed E-state index contributed by atoms with van der Waals surface area (Å²) in [5.41, 5.74) is 0.573. The summed E-state index contributed by atoms with van der Waals surface area (Å²) in [5, 5.41) is 19.7. The highest BCUT2D eigenvalue weighted by Crippen LogP contribution is 2.66. The number of fused-ring (bicyclic) bond motifs is 1. The summed E-state index contributed by atoms with van der Waals surface area (Å²) in [6, 6.07) is 0. The van der Waals surface area contributed by atoms with Crippen LogP contribution in [0, 0.1) is 5.41 Å². The molecule has 0 amide bonds. The van der Waals surface area contributed by atoms with Crippen LogP contribution in [0.1, 0.15) is 52.9 Å². The van der Waals surface area contributed by atoms with Gasteiger partial charge in [-0.15, -0.1) is 0 Å². The molecule has 4 atom stereocenters. The normalized spacial score (nSPS) is 48.2. The number of aliphatic hydroxyl groups is 1. The summed E-state index contributed by atoms with van der Waals surface area (Å²) >= 11 is 0. The third kappa shape index (κ3) is 1.39. The van der Waals surface area contributed by atoms with Crippen molar-refractivity contribution in [1.29, 1.82) is 0 Å². The number of carbonyl (C=O) groups is 1. The fourth-order valence-corrected chi connectivity index (χ4v) is 4.55. The van der Waals surface area contributed by atoms with Crippen LogP contribution < -0.4 is 0 Å². The SMILES string of the molecule is CC(C)=C1CC[C@]2(C)C[C@@H]3O[C@]12CC[C@]3(O)C(=O)O. The van der Waals surface area contributed by atoms with Crippen molar-refractivity contribution < 1.29 is 19.7 Å². The minimum Gasteiger partial charge on any atom is -0.479 e. The molecule has 106 valence electrons. The van der Waals surface area contributed by atoms with Gasteiger partial charge in [0.2, 0.25) is 0 Å². The Morgan fingerprint density at radius 3 is 2.58 bits per heavy atom. The lowest BCUT2D eigenvalue weighted by Crippen LogP contribution is -2.55. The van der Waals surface area contributed by atoms with Crippen molar-refractivity contribution >= 4 is 5.97 Å². The molecular formula is C15H22O4. The summed E-state index contributed by atoms with van der Waals surface area (Å²) in [5.74, 6) is -1.14. The number of carboxylic acids is 1. The number of rotatable bonds is 1. The Kier molecular flexibility index (Phi) is 2.50. The van der Waals surface area contributed by atoms with E-state index < -0.39 is 17.7 Å². The van der Waals surface area contributed by atoms with Crippen LogP contribution in [0.5, 0.6) is 0 Å². The van der Waals surface area contributed by atoms with Crippen molar-refractivity contribution in [3.8, 4) is 0 Å². The molecule has 2 saturated heterocycles. The molecule has 2 N–H and O–H groups in total. The van der Waals surface area contributed by atoms with Gasteiger partial charge in [-0.25, -0.2) is 4.79 Å². The van der Waals surface area contributed by atoms with Crippen LogP contribution in [0.4, 0.5) is 0 Å². The quantitative estimate of drug-likeness (QED) is 0.714. The molecule has 1 aliphatic carbocycles. The summed E-state index contributed by atoms with van der Waals surface area (Å²) in [7, 11) is 0. The van der Waals surface area contributed by atoms with Crippen LogP contribution >= 0.6 is 0 Å². The fraction of sp³-hybridized carbons (Fsp3) is 0.800. The maximum absolute atomic E-state index is 11.4. The van der Waals surface area contributed by atoms with Crippen LogP contribution in [0.3, 0.4) is 0 Å². The Labute approximate surface area is 113 Å². The first-order valence-electron chi connectivity index (χ1n) is 7.06. The second kappa shape index (κ2) is 3.61. The lowest BCUT2D eigenvalue weighted by molar-refractivity contribution is -0.200. The maximum Gasteiger partial charge on any atom is 0.338 e. The zero-order valence-electron chi connectivity index (χ0n) is 11.8. The van der Waals surface area contributed by atoms with Gasteiger partial charge in [0, 0.05) is 5.41 Å². The third-order valence-corrected chi connectivity index (χ3v) is 5.73. The lowest BCUT2D eigenvalue weighted by Gasteiger charge is -2.43. The summed E-state index contributed by atoms with van der Waals surface area (Å²) < 4.78 is 6.17. The number of allylic oxidation sites excluding steroid dienone is 1. The van der Waals surface area contributed by atoms with E-state index in [1.54, 1.807) is 0 Å². The Morgan fingerprint density at radius 1 is 1.32 bits per heavy atom. The Balaban J connectivity index is 2.06. The first-order valence-corrected chi connectivity index (χ1v) is 7.06. The standard InChI is InChI=1S/C15H22O4/c1-9(2)10-4-5-13(3)8-11-14(18,12(16)17)6-7-15(10,13)19-11/h11,18H,4-8H2,1-3H3,(H,16,17)/t11-,13+,14+,15+/m0/s1. The minimum absolute atomic E-state index is 0.0236. The van der Waals surface area contributed by atoms with Crippen LogP contribution in [-0.2, 0) is 9.53 Å². The first-order chi connectivity index (χ1) is 8.75. The van der Waals surface area contributed by atoms with Gasteiger partial charge in [-0.05, 0) is 51.5 Å². The largest absolute Gasteiger partial charge is 0.479 e. The molecule has 1 saturated carbocycles. The predicted octanol–water partition coefficient (Wildman–Crippen LogP) is 2.26. The summed E-state index contributed by atoms with van der Waals surface area (Å²) in [6.45, 7) is 6.39. The van der Waals surface area contributed by atoms with E-state index in [9.17, 15) is 15.0 Å². The van der Waals surface area contributed by atoms with Gasteiger partial charge in [0.05, 0.1) is 11.7 Å². The topological polar surface area (TPSA) is 66.8 Å². The van der Waals surface area contributed by atoms with Gasteiger partial charge in [0.25, 0.3) is 0 Å². The molecule has 2 aliphatic heterocycles. The third-order valence-electron chi connectivity index (χ3n) is 5.73. The number of hydrogen-bond donors (Lipinski definition) is 2. The van der Waals surface area contributed by atoms with Gasteiger partial charge >= 0.3 is 5.97 Å². The van der Waals surface area contributed by atoms with E-state index in [2.05, 4.69) is 20.8 Å². The van der Waals surface area contributed by atoms with Gasteiger partial charge < -0.3 is 14.9 Å². The highest BCUT2D eigenvalue weighted by molar-refractivity contribution is 5.78. The lowest BCUT2D eigenvalue weighted by atomic mass is 9.72. The van der Waals surface area contributed by atoms with Gasteiger partial charge in [-0.2, -0.15) is 0 Å². The van der Waals surface area contributed by atoms with Crippen LogP contribution in [0.25, 0.3) is 0 Å². The molecule has 3 fully saturated rings. The molecule has 0 aromatic rings. The van der Waals surface area contributed by atoms with Crippen molar-refractivity contribution in [3.63, 3.8) is 0 Å². The van der Waals surface area contributed by atoms with Gasteiger partial charge in [0.1, 0.15) is 0 Å². The Hall–Kier alpha value is -0.870. The molecule has 2 bridgehead atoms. The highest BCUT2D eigenvalue weighted by atomic mass is 16.5. The molecule has 0 aromatic carbocycles. The van der Waals surface area contributed by atoms with E-state index in [1.807, 2.05) is 0 Å². The zero-order valence-corrected chi connectivity index (χ0v) is 11.8. The molecule has 0 unspecified atom stereocenters. The Morgan fingerprint density at radius 2 is 2.00 bits per heavy atom. The average molecular weight is 266 g/mol. The maximum atomic E-state index is 11.4. The second-order valence-corrected chi connectivity index (χ2v) is 6.91. The van der Waals surface area contributed by atoms with Crippen molar-refractivity contribution in [3.05, 3.63) is 11.1 Å². The van der Waals surface area contributed by atoms with E-state index in [0.717, 1.165) is 12.8 Å². The molecular weight excluding hydrogens is 244 g/mol. The summed E-state index contributed by atoms with van der Waals surface area (Å²) in [4.78, 5) is 11.4. The van der Waals surface area contributed by atoms with E-state index in [1.165, 1.54) is 11.1 Å². The molecule has 0 radical (unpaired) electrons. The predicted molar refractivity (Wildman–Crippen MR) is 69.8 cm³/mol. The zero-order chi connectivity index (χ0) is 14.1. The minimum atomic E-state index is -1.70. The van der Waals surface area contributed by atoms with E-state index in [4.69, 9.17) is 4.74 Å². The molecule has 0 aromatic heterocycles. The summed E-state index contributed by atoms with van der Waals surface area (Å²) in [6.07, 6.45) is 3.05. The molecule has 19 heavy (non-hydrogen) atoms. The van der Waals surface area contributed by atoms with Gasteiger partial charge in [0.15, 0.2) is 5.60 Å². The first kappa shape index (κ1) is 13.1. The highest BCUT2D eigenvalue weighted by Gasteiger charge is 2.69. The van der Waals surface area contributed by atoms with Crippen molar-refractivity contribution in [2.75, 3.05) is 0 Å². The molecule has 3 aliphatic rings. The molecule has 1 spiro atoms. The number of carboxylic acid groups (broad SMARTS) is 1. The van der Waals surface area contributed by atoms with Crippen LogP contribution in [-0.4, -0.2) is 33.5 Å². The van der Waals surface area contributed by atoms with Gasteiger partial charge in [-0.1, -0.05) is 12.5 Å². The van der Waals surface area contributed by atoms with E-state index in [-0.39, 0.29) is 11.0 Å². The smallest absolute Gasteiger partial charge is 0.338 e. The molecule has 4 nitrogen and oxygen atoms in total. The van der Waals surface area contributed by atoms with Gasteiger partial charge in [-0.3, -0.25) is 0 Å². The monoisotopic (exact) mass is 266 g/mol. The fourth-order valence-electron chi connectivity index (χ4n) is 4.55. The van der Waals surface area contributed by atoms with E-state index >= 15 is 0 Å². The molecule has 2 heterocycles. The molecule has 3 rings (SSSR count). The van der Waals surface area contributed by atoms with Crippen LogP contribution in [0.2, 0.25) is 0 Å². The van der Waals surface area contributed by atoms with Crippen molar-refractivity contribution in [2.45, 2.75) is 70.2 Å². The van der Waals surface area contributed by atoms with Crippen LogP contribution in [0.15, 0.2) is 11.1 Å². The number of hydrogen-bond acceptors (Lipinski definition) is 3. The molecule has 4 heteroatoms. The Bertz CT molecular complexity index is 479. The number of ether oxygens (including phenoxy) is 1. The van der Waals surface area contributed by atoms with Crippen molar-refractivity contribution in [1.82, 2.24) is 0 Å². The number of aliphatic carboxylic acids is 1. The van der Waals surface area contributed by atoms with E-state index in [0.29, 0.717) is 19.3 Å². The second-order valence-electron chi connectivity index (χ2n) is 6.91.